The molecule has 1 aliphatic rings. The number of aromatic nitrogens is 1. The van der Waals surface area contributed by atoms with E-state index in [0.29, 0.717) is 30.3 Å². The fourth-order valence-corrected chi connectivity index (χ4v) is 3.33. The average Bonchev–Trinajstić information content (AvgIpc) is 3.01. The van der Waals surface area contributed by atoms with Crippen molar-refractivity contribution in [2.24, 2.45) is 5.92 Å². The number of aryl methyl sites for hydroxylation is 1. The summed E-state index contributed by atoms with van der Waals surface area (Å²) < 4.78 is 5.81. The first-order valence-electron chi connectivity index (χ1n) is 8.72. The van der Waals surface area contributed by atoms with Gasteiger partial charge in [0.25, 0.3) is 0 Å². The van der Waals surface area contributed by atoms with Crippen molar-refractivity contribution in [2.75, 3.05) is 19.6 Å². The number of likely N-dealkylation sites (tertiary alicyclic amines) is 1. The highest BCUT2D eigenvalue weighted by Gasteiger charge is 2.26. The van der Waals surface area contributed by atoms with Crippen molar-refractivity contribution in [3.05, 3.63) is 40.7 Å². The van der Waals surface area contributed by atoms with E-state index < -0.39 is 0 Å². The van der Waals surface area contributed by atoms with Crippen molar-refractivity contribution in [1.82, 2.24) is 15.2 Å². The summed E-state index contributed by atoms with van der Waals surface area (Å²) in [6.45, 7) is 4.19. The normalized spacial score (nSPS) is 17.8. The highest BCUT2D eigenvalue weighted by Crippen LogP contribution is 2.25. The maximum absolute atomic E-state index is 12.1. The van der Waals surface area contributed by atoms with Gasteiger partial charge in [-0.3, -0.25) is 9.69 Å². The van der Waals surface area contributed by atoms with Gasteiger partial charge in [0.05, 0.1) is 18.2 Å². The maximum atomic E-state index is 12.1. The van der Waals surface area contributed by atoms with E-state index in [1.54, 1.807) is 0 Å². The van der Waals surface area contributed by atoms with Crippen molar-refractivity contribution < 1.29 is 14.0 Å². The van der Waals surface area contributed by atoms with Crippen LogP contribution in [0.5, 0.6) is 0 Å². The van der Waals surface area contributed by atoms with E-state index in [0.717, 1.165) is 36.4 Å². The Morgan fingerprint density at radius 3 is 2.92 bits per heavy atom. The largest absolute Gasteiger partial charge is 0.441 e. The molecular formula is C19H22ClN3O3. The van der Waals surface area contributed by atoms with Gasteiger partial charge in [0.1, 0.15) is 12.0 Å². The minimum absolute atomic E-state index is 0.0551. The van der Waals surface area contributed by atoms with Crippen LogP contribution in [0.3, 0.4) is 0 Å². The Morgan fingerprint density at radius 1 is 1.42 bits per heavy atom. The predicted octanol–water partition coefficient (Wildman–Crippen LogP) is 2.83. The highest BCUT2D eigenvalue weighted by molar-refractivity contribution is 6.30. The lowest BCUT2D eigenvalue weighted by atomic mass is 9.97. The fourth-order valence-electron chi connectivity index (χ4n) is 3.20. The Morgan fingerprint density at radius 2 is 2.19 bits per heavy atom. The van der Waals surface area contributed by atoms with Crippen LogP contribution >= 0.6 is 11.6 Å². The van der Waals surface area contributed by atoms with Crippen LogP contribution in [0.2, 0.25) is 5.02 Å². The van der Waals surface area contributed by atoms with Crippen molar-refractivity contribution in [3.8, 4) is 11.5 Å². The zero-order chi connectivity index (χ0) is 18.5. The number of piperidine rings is 1. The zero-order valence-electron chi connectivity index (χ0n) is 14.7. The van der Waals surface area contributed by atoms with Crippen LogP contribution < -0.4 is 5.32 Å². The molecule has 138 valence electrons. The molecule has 1 aromatic heterocycles. The molecule has 0 aliphatic carbocycles. The van der Waals surface area contributed by atoms with Crippen LogP contribution in [-0.4, -0.2) is 41.7 Å². The molecule has 26 heavy (non-hydrogen) atoms. The number of aldehydes is 1. The number of halogens is 1. The van der Waals surface area contributed by atoms with Crippen molar-refractivity contribution >= 4 is 23.8 Å². The van der Waals surface area contributed by atoms with Gasteiger partial charge in [-0.2, -0.15) is 0 Å². The molecule has 1 fully saturated rings. The number of benzene rings is 1. The quantitative estimate of drug-likeness (QED) is 0.786. The predicted molar refractivity (Wildman–Crippen MR) is 98.8 cm³/mol. The summed E-state index contributed by atoms with van der Waals surface area (Å²) in [6.07, 6.45) is 2.49. The number of hydrogen-bond donors (Lipinski definition) is 1. The van der Waals surface area contributed by atoms with Gasteiger partial charge >= 0.3 is 0 Å². The van der Waals surface area contributed by atoms with Gasteiger partial charge in [-0.05, 0) is 50.6 Å². The lowest BCUT2D eigenvalue weighted by Gasteiger charge is -2.31. The number of carbonyl (C=O) groups excluding carboxylic acids is 2. The second kappa shape index (κ2) is 8.47. The lowest BCUT2D eigenvalue weighted by molar-refractivity contribution is -0.127. The minimum atomic E-state index is -0.0911. The summed E-state index contributed by atoms with van der Waals surface area (Å²) in [5, 5.41) is 3.32. The second-order valence-corrected chi connectivity index (χ2v) is 6.95. The van der Waals surface area contributed by atoms with Crippen LogP contribution in [0.1, 0.15) is 24.3 Å². The topological polar surface area (TPSA) is 75.4 Å². The molecule has 7 heteroatoms. The number of carbonyl (C=O) groups is 2. The number of oxazole rings is 1. The Kier molecular flexibility index (Phi) is 6.06. The molecule has 1 N–H and O–H groups in total. The molecule has 3 rings (SSSR count). The summed E-state index contributed by atoms with van der Waals surface area (Å²) in [6, 6.07) is 7.38. The van der Waals surface area contributed by atoms with Gasteiger partial charge in [0.2, 0.25) is 11.8 Å². The van der Waals surface area contributed by atoms with Gasteiger partial charge in [0.15, 0.2) is 0 Å². The molecule has 1 unspecified atom stereocenters. The molecule has 1 aromatic carbocycles. The standard InChI is InChI=1S/C19H22ClN3O3/c1-13-17(22-19(26-13)14-4-6-16(20)7-5-14)12-23-9-2-3-15(11-23)18(25)21-8-10-24/h4-7,10,15H,2-3,8-9,11-12H2,1H3,(H,21,25). The molecule has 1 saturated heterocycles. The van der Waals surface area contributed by atoms with Gasteiger partial charge in [-0.25, -0.2) is 4.98 Å². The number of amides is 1. The Balaban J connectivity index is 1.66. The Labute approximate surface area is 157 Å². The minimum Gasteiger partial charge on any atom is -0.441 e. The smallest absolute Gasteiger partial charge is 0.226 e. The third-order valence-corrected chi connectivity index (χ3v) is 4.85. The third-order valence-electron chi connectivity index (χ3n) is 4.59. The van der Waals surface area contributed by atoms with Crippen LogP contribution in [0.4, 0.5) is 0 Å². The van der Waals surface area contributed by atoms with E-state index in [4.69, 9.17) is 16.0 Å². The molecular weight excluding hydrogens is 354 g/mol. The summed E-state index contributed by atoms with van der Waals surface area (Å²) in [7, 11) is 0. The number of nitrogens with zero attached hydrogens (tertiary/aromatic N) is 2. The zero-order valence-corrected chi connectivity index (χ0v) is 15.5. The average molecular weight is 376 g/mol. The van der Waals surface area contributed by atoms with Crippen LogP contribution in [0.15, 0.2) is 28.7 Å². The Bertz CT molecular complexity index is 773. The number of rotatable bonds is 6. The van der Waals surface area contributed by atoms with Crippen molar-refractivity contribution in [2.45, 2.75) is 26.3 Å². The van der Waals surface area contributed by atoms with Crippen molar-refractivity contribution in [1.29, 1.82) is 0 Å². The molecule has 0 saturated carbocycles. The van der Waals surface area contributed by atoms with Gasteiger partial charge in [-0.1, -0.05) is 11.6 Å². The monoisotopic (exact) mass is 375 g/mol. The summed E-state index contributed by atoms with van der Waals surface area (Å²) in [5.41, 5.74) is 1.76. The highest BCUT2D eigenvalue weighted by atomic mass is 35.5. The van der Waals surface area contributed by atoms with Gasteiger partial charge < -0.3 is 14.5 Å². The maximum Gasteiger partial charge on any atom is 0.226 e. The summed E-state index contributed by atoms with van der Waals surface area (Å²) in [5.74, 6) is 1.21. The van der Waals surface area contributed by atoms with E-state index in [1.165, 1.54) is 0 Å². The first-order chi connectivity index (χ1) is 12.6. The lowest BCUT2D eigenvalue weighted by Crippen LogP contribution is -2.43. The third kappa shape index (κ3) is 4.51. The number of hydrogen-bond acceptors (Lipinski definition) is 5. The van der Waals surface area contributed by atoms with Crippen LogP contribution in [0, 0.1) is 12.8 Å². The molecule has 6 nitrogen and oxygen atoms in total. The molecule has 2 aromatic rings. The number of nitrogens with one attached hydrogen (secondary N) is 1. The van der Waals surface area contributed by atoms with E-state index in [2.05, 4.69) is 15.2 Å². The second-order valence-electron chi connectivity index (χ2n) is 6.51. The van der Waals surface area contributed by atoms with Crippen molar-refractivity contribution in [3.63, 3.8) is 0 Å². The van der Waals surface area contributed by atoms with E-state index in [9.17, 15) is 9.59 Å². The molecule has 0 radical (unpaired) electrons. The summed E-state index contributed by atoms with van der Waals surface area (Å²) >= 11 is 5.93. The molecule has 0 bridgehead atoms. The first kappa shape index (κ1) is 18.6. The molecule has 1 aliphatic heterocycles. The van der Waals surface area contributed by atoms with E-state index in [1.807, 2.05) is 31.2 Å². The molecule has 2 heterocycles. The summed E-state index contributed by atoms with van der Waals surface area (Å²) in [4.78, 5) is 29.4. The first-order valence-corrected chi connectivity index (χ1v) is 9.10. The SMILES string of the molecule is Cc1oc(-c2ccc(Cl)cc2)nc1CN1CCCC(C(=O)NCC=O)C1. The molecule has 1 atom stereocenters. The van der Waals surface area contributed by atoms with Gasteiger partial charge in [0, 0.05) is 23.7 Å². The van der Waals surface area contributed by atoms with E-state index >= 15 is 0 Å². The molecule has 1 amide bonds. The van der Waals surface area contributed by atoms with Crippen LogP contribution in [0.25, 0.3) is 11.5 Å². The van der Waals surface area contributed by atoms with Crippen LogP contribution in [-0.2, 0) is 16.1 Å². The Hall–Kier alpha value is -2.18. The molecule has 0 spiro atoms. The fraction of sp³-hybridized carbons (Fsp3) is 0.421. The van der Waals surface area contributed by atoms with Gasteiger partial charge in [-0.15, -0.1) is 0 Å². The van der Waals surface area contributed by atoms with E-state index in [-0.39, 0.29) is 18.4 Å².